The summed E-state index contributed by atoms with van der Waals surface area (Å²) in [6.45, 7) is 5.50. The number of likely N-dealkylation sites (tertiary alicyclic amines) is 1. The first-order chi connectivity index (χ1) is 8.88. The summed E-state index contributed by atoms with van der Waals surface area (Å²) in [5.41, 5.74) is 0. The lowest BCUT2D eigenvalue weighted by molar-refractivity contribution is -0.141. The van der Waals surface area contributed by atoms with Crippen LogP contribution in [0.15, 0.2) is 0 Å². The van der Waals surface area contributed by atoms with Gasteiger partial charge in [0.25, 0.3) is 0 Å². The first-order valence-electron chi connectivity index (χ1n) is 6.50. The molecule has 7 heteroatoms. The molecule has 0 spiro atoms. The summed E-state index contributed by atoms with van der Waals surface area (Å²) in [6, 6.07) is -1.16. The molecule has 2 amide bonds. The van der Waals surface area contributed by atoms with Gasteiger partial charge < -0.3 is 20.0 Å². The molecule has 2 fully saturated rings. The topological polar surface area (TPSA) is 81.1 Å². The van der Waals surface area contributed by atoms with Crippen molar-refractivity contribution in [1.29, 1.82) is 0 Å². The quantitative estimate of drug-likeness (QED) is 0.732. The van der Waals surface area contributed by atoms with E-state index < -0.39 is 18.1 Å². The van der Waals surface area contributed by atoms with E-state index in [1.54, 1.807) is 4.90 Å². The zero-order valence-corrected chi connectivity index (χ0v) is 12.0. The number of carbonyl (C=O) groups is 2. The van der Waals surface area contributed by atoms with Gasteiger partial charge in [-0.1, -0.05) is 13.8 Å². The van der Waals surface area contributed by atoms with E-state index in [9.17, 15) is 14.7 Å². The van der Waals surface area contributed by atoms with Crippen molar-refractivity contribution in [2.75, 3.05) is 19.6 Å². The number of β-amino-alcohol motifs (C(OH)–C–C–N with tert-alkyl or cyclic N) is 1. The third-order valence-electron chi connectivity index (χ3n) is 3.50. The fraction of sp³-hybridized carbons (Fsp3) is 0.833. The van der Waals surface area contributed by atoms with Gasteiger partial charge in [-0.25, -0.2) is 9.59 Å². The fourth-order valence-electron chi connectivity index (χ4n) is 2.78. The maximum absolute atomic E-state index is 12.4. The van der Waals surface area contributed by atoms with Crippen molar-refractivity contribution in [3.63, 3.8) is 0 Å². The third-order valence-corrected chi connectivity index (χ3v) is 4.73. The highest BCUT2D eigenvalue weighted by molar-refractivity contribution is 8.00. The van der Waals surface area contributed by atoms with Gasteiger partial charge in [-0.15, -0.1) is 0 Å². The number of rotatable bonds is 1. The number of aliphatic hydroxyl groups excluding tert-OH is 1. The van der Waals surface area contributed by atoms with Crippen LogP contribution in [0.5, 0.6) is 0 Å². The van der Waals surface area contributed by atoms with Crippen LogP contribution in [0.25, 0.3) is 0 Å². The molecule has 0 aromatic carbocycles. The van der Waals surface area contributed by atoms with Gasteiger partial charge in [-0.05, 0) is 0 Å². The van der Waals surface area contributed by atoms with Crippen LogP contribution >= 0.6 is 11.8 Å². The van der Waals surface area contributed by atoms with E-state index >= 15 is 0 Å². The number of hydrogen-bond acceptors (Lipinski definition) is 4. The Balaban J connectivity index is 2.07. The van der Waals surface area contributed by atoms with Crippen molar-refractivity contribution in [3.8, 4) is 0 Å². The predicted octanol–water partition coefficient (Wildman–Crippen LogP) is 0.452. The van der Waals surface area contributed by atoms with Crippen molar-refractivity contribution in [1.82, 2.24) is 9.80 Å². The summed E-state index contributed by atoms with van der Waals surface area (Å²) in [7, 11) is 0. The first-order valence-corrected chi connectivity index (χ1v) is 7.44. The van der Waals surface area contributed by atoms with E-state index in [4.69, 9.17) is 5.11 Å². The number of hydrogen-bond donors (Lipinski definition) is 2. The molecule has 6 nitrogen and oxygen atoms in total. The number of aliphatic hydroxyl groups is 1. The van der Waals surface area contributed by atoms with Gasteiger partial charge in [0.15, 0.2) is 0 Å². The Morgan fingerprint density at radius 2 is 1.74 bits per heavy atom. The largest absolute Gasteiger partial charge is 0.480 e. The fourth-order valence-corrected chi connectivity index (χ4v) is 4.10. The number of aliphatic carboxylic acids is 1. The minimum absolute atomic E-state index is 0.113. The van der Waals surface area contributed by atoms with Crippen LogP contribution in [0.1, 0.15) is 20.3 Å². The van der Waals surface area contributed by atoms with Gasteiger partial charge in [-0.2, -0.15) is 11.8 Å². The minimum Gasteiger partial charge on any atom is -0.480 e. The van der Waals surface area contributed by atoms with E-state index in [1.165, 1.54) is 4.90 Å². The van der Waals surface area contributed by atoms with Crippen LogP contribution in [-0.4, -0.2) is 74.3 Å². The van der Waals surface area contributed by atoms with E-state index in [2.05, 4.69) is 13.8 Å². The lowest BCUT2D eigenvalue weighted by Crippen LogP contribution is -2.52. The number of carbonyl (C=O) groups excluding carboxylic acids is 1. The Morgan fingerprint density at radius 1 is 1.16 bits per heavy atom. The molecule has 0 aromatic rings. The van der Waals surface area contributed by atoms with Gasteiger partial charge in [0.1, 0.15) is 6.04 Å². The summed E-state index contributed by atoms with van der Waals surface area (Å²) >= 11 is 1.83. The monoisotopic (exact) mass is 288 g/mol. The molecule has 0 bridgehead atoms. The van der Waals surface area contributed by atoms with Crippen LogP contribution in [0, 0.1) is 0 Å². The lowest BCUT2D eigenvalue weighted by atomic mass is 10.2. The number of amides is 2. The molecule has 2 aliphatic heterocycles. The molecule has 0 saturated carbocycles. The Bertz CT molecular complexity index is 369. The minimum atomic E-state index is -1.04. The van der Waals surface area contributed by atoms with Gasteiger partial charge in [0, 0.05) is 36.6 Å². The van der Waals surface area contributed by atoms with Crippen LogP contribution in [0.4, 0.5) is 4.79 Å². The smallest absolute Gasteiger partial charge is 0.326 e. The van der Waals surface area contributed by atoms with Crippen molar-refractivity contribution in [2.45, 2.75) is 42.9 Å². The molecule has 2 aliphatic rings. The number of carboxylic acids is 1. The maximum Gasteiger partial charge on any atom is 0.326 e. The van der Waals surface area contributed by atoms with E-state index in [0.29, 0.717) is 23.6 Å². The maximum atomic E-state index is 12.4. The molecule has 2 N–H and O–H groups in total. The van der Waals surface area contributed by atoms with Crippen LogP contribution in [-0.2, 0) is 4.79 Å². The molecule has 108 valence electrons. The van der Waals surface area contributed by atoms with Gasteiger partial charge >= 0.3 is 12.0 Å². The van der Waals surface area contributed by atoms with Crippen molar-refractivity contribution in [2.24, 2.45) is 0 Å². The second-order valence-corrected chi connectivity index (χ2v) is 7.22. The summed E-state index contributed by atoms with van der Waals surface area (Å²) in [6.07, 6.45) is -0.617. The molecule has 0 aliphatic carbocycles. The number of carboxylic acid groups (broad SMARTS) is 1. The van der Waals surface area contributed by atoms with Gasteiger partial charge in [-0.3, -0.25) is 0 Å². The summed E-state index contributed by atoms with van der Waals surface area (Å²) in [5, 5.41) is 19.4. The van der Waals surface area contributed by atoms with Crippen molar-refractivity contribution in [3.05, 3.63) is 0 Å². The second-order valence-electron chi connectivity index (χ2n) is 5.34. The molecule has 19 heavy (non-hydrogen) atoms. The Morgan fingerprint density at radius 3 is 2.26 bits per heavy atom. The second kappa shape index (κ2) is 5.58. The molecular formula is C12H20N2O4S. The Labute approximate surface area is 116 Å². The highest BCUT2D eigenvalue weighted by Gasteiger charge is 2.41. The Kier molecular flexibility index (Phi) is 4.25. The summed E-state index contributed by atoms with van der Waals surface area (Å²) in [5.74, 6) is -1.04. The molecular weight excluding hydrogens is 268 g/mol. The molecule has 0 aromatic heterocycles. The highest BCUT2D eigenvalue weighted by atomic mass is 32.2. The lowest BCUT2D eigenvalue weighted by Gasteiger charge is -2.37. The van der Waals surface area contributed by atoms with Gasteiger partial charge in [0.2, 0.25) is 0 Å². The number of thioether (sulfide) groups is 1. The average Bonchev–Trinajstić information content (AvgIpc) is 2.69. The normalized spacial score (nSPS) is 35.5. The first kappa shape index (κ1) is 14.5. The molecule has 2 saturated heterocycles. The standard InChI is InChI=1S/C12H20N2O4S/c1-7-4-13(5-8(2)19-7)12(18)14-6-9(15)3-10(14)11(16)17/h7-10,15H,3-6H2,1-2H3,(H,16,17)/t7?,8?,9?,10-/m0/s1. The molecule has 2 heterocycles. The predicted molar refractivity (Wildman–Crippen MR) is 72.2 cm³/mol. The van der Waals surface area contributed by atoms with Crippen molar-refractivity contribution < 1.29 is 19.8 Å². The zero-order valence-electron chi connectivity index (χ0n) is 11.2. The number of urea groups is 1. The highest BCUT2D eigenvalue weighted by Crippen LogP contribution is 2.27. The van der Waals surface area contributed by atoms with E-state index in [1.807, 2.05) is 11.8 Å². The number of nitrogens with zero attached hydrogens (tertiary/aromatic N) is 2. The Hall–Kier alpha value is -0.950. The average molecular weight is 288 g/mol. The molecule has 3 unspecified atom stereocenters. The summed E-state index contributed by atoms with van der Waals surface area (Å²) < 4.78 is 0. The molecule has 2 rings (SSSR count). The van der Waals surface area contributed by atoms with Crippen molar-refractivity contribution >= 4 is 23.8 Å². The summed E-state index contributed by atoms with van der Waals surface area (Å²) in [4.78, 5) is 26.6. The zero-order chi connectivity index (χ0) is 14.2. The van der Waals surface area contributed by atoms with Crippen LogP contribution in [0.2, 0.25) is 0 Å². The third kappa shape index (κ3) is 3.14. The van der Waals surface area contributed by atoms with Crippen LogP contribution in [0.3, 0.4) is 0 Å². The molecule has 0 radical (unpaired) electrons. The van der Waals surface area contributed by atoms with Gasteiger partial charge in [0.05, 0.1) is 6.10 Å². The SMILES string of the molecule is CC1CN(C(=O)N2CC(O)C[C@H]2C(=O)O)CC(C)S1. The van der Waals surface area contributed by atoms with E-state index in [0.717, 1.165) is 0 Å². The van der Waals surface area contributed by atoms with Crippen LogP contribution < -0.4 is 0 Å². The molecule has 4 atom stereocenters. The van der Waals surface area contributed by atoms with E-state index in [-0.39, 0.29) is 19.0 Å².